The van der Waals surface area contributed by atoms with Gasteiger partial charge in [-0.25, -0.2) is 4.98 Å². The van der Waals surface area contributed by atoms with Gasteiger partial charge >= 0.3 is 6.18 Å². The first-order valence-corrected chi connectivity index (χ1v) is 8.13. The zero-order valence-electron chi connectivity index (χ0n) is 12.5. The van der Waals surface area contributed by atoms with Crippen molar-refractivity contribution in [1.29, 1.82) is 0 Å². The van der Waals surface area contributed by atoms with Gasteiger partial charge in [-0.2, -0.15) is 13.2 Å². The van der Waals surface area contributed by atoms with Gasteiger partial charge in [-0.05, 0) is 36.8 Å². The largest absolute Gasteiger partial charge is 0.416 e. The Kier molecular flexibility index (Phi) is 4.66. The van der Waals surface area contributed by atoms with E-state index in [1.54, 1.807) is 12.1 Å². The number of alkyl halides is 3. The van der Waals surface area contributed by atoms with E-state index in [-0.39, 0.29) is 5.91 Å². The molecule has 0 atom stereocenters. The lowest BCUT2D eigenvalue weighted by Crippen LogP contribution is -2.26. The van der Waals surface area contributed by atoms with Crippen LogP contribution < -0.4 is 10.6 Å². The van der Waals surface area contributed by atoms with Gasteiger partial charge in [0.25, 0.3) is 5.91 Å². The van der Waals surface area contributed by atoms with Gasteiger partial charge < -0.3 is 10.6 Å². The zero-order chi connectivity index (χ0) is 17.2. The molecule has 3 rings (SSSR count). The number of carbonyl (C=O) groups is 1. The van der Waals surface area contributed by atoms with Gasteiger partial charge in [0.05, 0.1) is 11.1 Å². The molecule has 0 saturated heterocycles. The number of rotatable bonds is 0. The Morgan fingerprint density at radius 3 is 2.71 bits per heavy atom. The Morgan fingerprint density at radius 1 is 1.12 bits per heavy atom. The monoisotopic (exact) mass is 353 g/mol. The van der Waals surface area contributed by atoms with Crippen LogP contribution in [0.3, 0.4) is 0 Å². The summed E-state index contributed by atoms with van der Waals surface area (Å²) >= 11 is 1.05. The molecule has 8 heteroatoms. The maximum absolute atomic E-state index is 13.0. The number of benzene rings is 1. The van der Waals surface area contributed by atoms with Crippen LogP contribution >= 0.6 is 11.8 Å². The van der Waals surface area contributed by atoms with Crippen molar-refractivity contribution in [2.24, 2.45) is 0 Å². The Bertz CT molecular complexity index is 764. The molecule has 2 N–H and O–H groups in total. The van der Waals surface area contributed by atoms with Crippen LogP contribution in [0.15, 0.2) is 46.5 Å². The van der Waals surface area contributed by atoms with E-state index in [1.807, 2.05) is 0 Å². The molecule has 0 unspecified atom stereocenters. The van der Waals surface area contributed by atoms with E-state index in [0.29, 0.717) is 40.7 Å². The van der Waals surface area contributed by atoms with E-state index < -0.39 is 11.7 Å². The molecule has 1 aliphatic rings. The molecule has 1 aliphatic heterocycles. The number of halogens is 3. The van der Waals surface area contributed by atoms with Crippen molar-refractivity contribution in [3.05, 3.63) is 47.7 Å². The summed E-state index contributed by atoms with van der Waals surface area (Å²) in [6.07, 6.45) is -2.25. The van der Waals surface area contributed by atoms with Crippen LogP contribution in [0.1, 0.15) is 22.3 Å². The highest BCUT2D eigenvalue weighted by Gasteiger charge is 2.31. The summed E-state index contributed by atoms with van der Waals surface area (Å²) in [5.74, 6) is -0.277. The predicted octanol–water partition coefficient (Wildman–Crippen LogP) is 3.80. The van der Waals surface area contributed by atoms with Gasteiger partial charge in [-0.1, -0.05) is 11.8 Å². The molecule has 2 heterocycles. The van der Waals surface area contributed by atoms with Gasteiger partial charge in [-0.15, -0.1) is 0 Å². The second kappa shape index (κ2) is 6.72. The lowest BCUT2D eigenvalue weighted by atomic mass is 10.2. The molecular weight excluding hydrogens is 339 g/mol. The fraction of sp³-hybridized carbons (Fsp3) is 0.250. The minimum absolute atomic E-state index is 0.277. The molecule has 0 aliphatic carbocycles. The van der Waals surface area contributed by atoms with Gasteiger partial charge in [0.2, 0.25) is 0 Å². The second-order valence-electron chi connectivity index (χ2n) is 5.20. The molecule has 126 valence electrons. The highest BCUT2D eigenvalue weighted by molar-refractivity contribution is 7.99. The van der Waals surface area contributed by atoms with E-state index in [9.17, 15) is 18.0 Å². The lowest BCUT2D eigenvalue weighted by molar-refractivity contribution is -0.137. The molecule has 1 aromatic heterocycles. The Balaban J connectivity index is 2.07. The molecule has 0 radical (unpaired) electrons. The molecule has 2 aromatic rings. The summed E-state index contributed by atoms with van der Waals surface area (Å²) < 4.78 is 39.0. The van der Waals surface area contributed by atoms with Crippen molar-refractivity contribution in [3.63, 3.8) is 0 Å². The molecule has 1 aromatic carbocycles. The fourth-order valence-corrected chi connectivity index (χ4v) is 3.32. The van der Waals surface area contributed by atoms with Gasteiger partial charge in [0.15, 0.2) is 0 Å². The Hall–Kier alpha value is -2.22. The van der Waals surface area contributed by atoms with E-state index in [2.05, 4.69) is 15.6 Å². The minimum Gasteiger partial charge on any atom is -0.384 e. The molecule has 24 heavy (non-hydrogen) atoms. The number of nitrogens with one attached hydrogen (secondary N) is 2. The van der Waals surface area contributed by atoms with Crippen molar-refractivity contribution in [1.82, 2.24) is 10.3 Å². The lowest BCUT2D eigenvalue weighted by Gasteiger charge is -2.14. The third kappa shape index (κ3) is 3.64. The number of nitrogens with zero attached hydrogens (tertiary/aromatic N) is 1. The third-order valence-corrected chi connectivity index (χ3v) is 4.56. The van der Waals surface area contributed by atoms with E-state index >= 15 is 0 Å². The summed E-state index contributed by atoms with van der Waals surface area (Å²) in [5, 5.41) is 6.28. The molecule has 0 fully saturated rings. The zero-order valence-corrected chi connectivity index (χ0v) is 13.3. The molecule has 1 amide bonds. The van der Waals surface area contributed by atoms with E-state index in [1.165, 1.54) is 12.3 Å². The van der Waals surface area contributed by atoms with Gasteiger partial charge in [0.1, 0.15) is 5.03 Å². The molecule has 0 bridgehead atoms. The summed E-state index contributed by atoms with van der Waals surface area (Å²) in [4.78, 5) is 16.8. The number of hydrogen-bond donors (Lipinski definition) is 2. The van der Waals surface area contributed by atoms with E-state index in [0.717, 1.165) is 23.9 Å². The second-order valence-corrected chi connectivity index (χ2v) is 6.23. The summed E-state index contributed by atoms with van der Waals surface area (Å²) in [6, 6.07) is 6.80. The first kappa shape index (κ1) is 16.6. The van der Waals surface area contributed by atoms with Gasteiger partial charge in [0, 0.05) is 29.9 Å². The first-order valence-electron chi connectivity index (χ1n) is 7.31. The van der Waals surface area contributed by atoms with Crippen LogP contribution in [0.5, 0.6) is 0 Å². The molecule has 0 saturated carbocycles. The number of fused-ring (bicyclic) bond motifs is 2. The van der Waals surface area contributed by atoms with Crippen LogP contribution in [0.4, 0.5) is 18.9 Å². The normalized spacial score (nSPS) is 15.4. The van der Waals surface area contributed by atoms with Crippen molar-refractivity contribution in [2.45, 2.75) is 22.5 Å². The average molecular weight is 353 g/mol. The SMILES string of the molecule is O=C1NCCCNc2ccc(C(F)(F)F)cc2Sc2ncccc21. The maximum Gasteiger partial charge on any atom is 0.416 e. The first-order chi connectivity index (χ1) is 11.4. The number of anilines is 1. The average Bonchev–Trinajstić information content (AvgIpc) is 2.57. The predicted molar refractivity (Wildman–Crippen MR) is 85.2 cm³/mol. The van der Waals surface area contributed by atoms with Crippen LogP contribution in [0.25, 0.3) is 0 Å². The Labute approximate surface area is 140 Å². The van der Waals surface area contributed by atoms with Crippen LogP contribution in [-0.4, -0.2) is 24.0 Å². The van der Waals surface area contributed by atoms with Crippen molar-refractivity contribution >= 4 is 23.4 Å². The van der Waals surface area contributed by atoms with Crippen LogP contribution in [0.2, 0.25) is 0 Å². The van der Waals surface area contributed by atoms with Crippen molar-refractivity contribution in [2.75, 3.05) is 18.4 Å². The van der Waals surface area contributed by atoms with Gasteiger partial charge in [-0.3, -0.25) is 4.79 Å². The van der Waals surface area contributed by atoms with Crippen LogP contribution in [0, 0.1) is 0 Å². The molecule has 0 spiro atoms. The highest BCUT2D eigenvalue weighted by atomic mass is 32.2. The van der Waals surface area contributed by atoms with Crippen molar-refractivity contribution in [3.8, 4) is 0 Å². The van der Waals surface area contributed by atoms with Crippen molar-refractivity contribution < 1.29 is 18.0 Å². The van der Waals surface area contributed by atoms with Crippen LogP contribution in [-0.2, 0) is 6.18 Å². The number of carbonyl (C=O) groups excluding carboxylic acids is 1. The molecular formula is C16H14F3N3OS. The number of pyridine rings is 1. The summed E-state index contributed by atoms with van der Waals surface area (Å²) in [5.41, 5.74) is 0.221. The highest BCUT2D eigenvalue weighted by Crippen LogP contribution is 2.39. The number of hydrogen-bond acceptors (Lipinski definition) is 4. The third-order valence-electron chi connectivity index (χ3n) is 3.49. The molecule has 4 nitrogen and oxygen atoms in total. The standard InChI is InChI=1S/C16H14F3N3OS/c17-16(18,19)10-4-5-12-13(9-10)24-15-11(3-1-6-22-15)14(23)21-8-2-7-20-12/h1,3-6,9,20H,2,7-8H2,(H,21,23). The number of amides is 1. The fourth-order valence-electron chi connectivity index (χ4n) is 2.29. The maximum atomic E-state index is 13.0. The minimum atomic E-state index is -4.42. The topological polar surface area (TPSA) is 54.0 Å². The summed E-state index contributed by atoms with van der Waals surface area (Å²) in [7, 11) is 0. The van der Waals surface area contributed by atoms with E-state index in [4.69, 9.17) is 0 Å². The number of aromatic nitrogens is 1. The summed E-state index contributed by atoms with van der Waals surface area (Å²) in [6.45, 7) is 1.02. The smallest absolute Gasteiger partial charge is 0.384 e. The quantitative estimate of drug-likeness (QED) is 0.756. The Morgan fingerprint density at radius 2 is 1.92 bits per heavy atom.